The second-order valence-corrected chi connectivity index (χ2v) is 3.62. The molecule has 0 aromatic heterocycles. The third-order valence-electron chi connectivity index (χ3n) is 2.36. The number of aliphatic carboxylic acids is 1. The van der Waals surface area contributed by atoms with E-state index in [2.05, 4.69) is 0 Å². The van der Waals surface area contributed by atoms with Gasteiger partial charge in [0, 0.05) is 13.0 Å². The van der Waals surface area contributed by atoms with Crippen molar-refractivity contribution in [2.75, 3.05) is 13.2 Å². The van der Waals surface area contributed by atoms with Crippen LogP contribution in [0.1, 0.15) is 26.2 Å². The van der Waals surface area contributed by atoms with Crippen molar-refractivity contribution < 1.29 is 19.4 Å². The number of hydrogen-bond acceptors (Lipinski definition) is 3. The van der Waals surface area contributed by atoms with Gasteiger partial charge in [0.25, 0.3) is 0 Å². The lowest BCUT2D eigenvalue weighted by Crippen LogP contribution is -2.40. The van der Waals surface area contributed by atoms with Crippen LogP contribution in [0, 0.1) is 5.41 Å². The molecule has 4 heteroatoms. The van der Waals surface area contributed by atoms with Crippen LogP contribution in [0.2, 0.25) is 0 Å². The summed E-state index contributed by atoms with van der Waals surface area (Å²) in [7, 11) is 0. The summed E-state index contributed by atoms with van der Waals surface area (Å²) in [6.07, 6.45) is 1.35. The second kappa shape index (κ2) is 3.87. The number of ketones is 1. The maximum absolute atomic E-state index is 11.0. The highest BCUT2D eigenvalue weighted by Gasteiger charge is 2.41. The van der Waals surface area contributed by atoms with Crippen molar-refractivity contribution in [3.63, 3.8) is 0 Å². The summed E-state index contributed by atoms with van der Waals surface area (Å²) in [6.45, 7) is 2.19. The van der Waals surface area contributed by atoms with Gasteiger partial charge in [-0.1, -0.05) is 0 Å². The molecule has 1 aliphatic rings. The van der Waals surface area contributed by atoms with Gasteiger partial charge in [-0.15, -0.1) is 0 Å². The molecule has 4 nitrogen and oxygen atoms in total. The summed E-state index contributed by atoms with van der Waals surface area (Å²) in [5.41, 5.74) is -0.954. The summed E-state index contributed by atoms with van der Waals surface area (Å²) in [4.78, 5) is 21.9. The van der Waals surface area contributed by atoms with Gasteiger partial charge in [-0.3, -0.25) is 9.59 Å². The molecule has 1 unspecified atom stereocenters. The van der Waals surface area contributed by atoms with Gasteiger partial charge in [-0.25, -0.2) is 0 Å². The molecule has 13 heavy (non-hydrogen) atoms. The summed E-state index contributed by atoms with van der Waals surface area (Å²) in [5.74, 6) is -1.00. The zero-order chi connectivity index (χ0) is 9.90. The number of rotatable bonds is 3. The SMILES string of the molecule is CC(=O)CC1(C(=O)O)CCCOC1. The highest BCUT2D eigenvalue weighted by Crippen LogP contribution is 2.32. The molecule has 0 aromatic rings. The van der Waals surface area contributed by atoms with E-state index in [0.717, 1.165) is 6.42 Å². The predicted molar refractivity (Wildman–Crippen MR) is 45.4 cm³/mol. The molecular formula is C9H14O4. The highest BCUT2D eigenvalue weighted by atomic mass is 16.5. The maximum Gasteiger partial charge on any atom is 0.312 e. The van der Waals surface area contributed by atoms with Gasteiger partial charge >= 0.3 is 5.97 Å². The Labute approximate surface area is 76.9 Å². The number of ether oxygens (including phenoxy) is 1. The Kier molecular flexibility index (Phi) is 3.03. The zero-order valence-electron chi connectivity index (χ0n) is 7.71. The first-order valence-electron chi connectivity index (χ1n) is 4.37. The average molecular weight is 186 g/mol. The minimum absolute atomic E-state index is 0.0856. The molecule has 0 aromatic carbocycles. The molecule has 0 aliphatic carbocycles. The van der Waals surface area contributed by atoms with Crippen molar-refractivity contribution in [2.24, 2.45) is 5.41 Å². The number of carbonyl (C=O) groups excluding carboxylic acids is 1. The van der Waals surface area contributed by atoms with Gasteiger partial charge in [0.05, 0.1) is 12.0 Å². The first-order chi connectivity index (χ1) is 6.07. The van der Waals surface area contributed by atoms with E-state index in [0.29, 0.717) is 13.0 Å². The Morgan fingerprint density at radius 2 is 2.23 bits per heavy atom. The van der Waals surface area contributed by atoms with Crippen LogP contribution in [0.5, 0.6) is 0 Å². The highest BCUT2D eigenvalue weighted by molar-refractivity contribution is 5.85. The van der Waals surface area contributed by atoms with Crippen LogP contribution in [-0.2, 0) is 14.3 Å². The lowest BCUT2D eigenvalue weighted by atomic mass is 9.78. The lowest BCUT2D eigenvalue weighted by Gasteiger charge is -2.31. The number of carboxylic acid groups (broad SMARTS) is 1. The normalized spacial score (nSPS) is 28.4. The third-order valence-corrected chi connectivity index (χ3v) is 2.36. The Balaban J connectivity index is 2.73. The van der Waals surface area contributed by atoms with Crippen molar-refractivity contribution in [3.8, 4) is 0 Å². The minimum atomic E-state index is -0.954. The summed E-state index contributed by atoms with van der Waals surface area (Å²) in [6, 6.07) is 0. The maximum atomic E-state index is 11.0. The molecule has 1 fully saturated rings. The quantitative estimate of drug-likeness (QED) is 0.709. The van der Waals surface area contributed by atoms with E-state index in [4.69, 9.17) is 9.84 Å². The van der Waals surface area contributed by atoms with Crippen LogP contribution in [-0.4, -0.2) is 30.1 Å². The van der Waals surface area contributed by atoms with Crippen LogP contribution in [0.25, 0.3) is 0 Å². The number of hydrogen-bond donors (Lipinski definition) is 1. The van der Waals surface area contributed by atoms with Gasteiger partial charge in [-0.2, -0.15) is 0 Å². The Hall–Kier alpha value is -0.900. The number of carboxylic acids is 1. The van der Waals surface area contributed by atoms with E-state index < -0.39 is 11.4 Å². The van der Waals surface area contributed by atoms with Gasteiger partial charge in [0.1, 0.15) is 5.78 Å². The molecule has 1 saturated heterocycles. The first kappa shape index (κ1) is 10.2. The smallest absolute Gasteiger partial charge is 0.312 e. The van der Waals surface area contributed by atoms with Crippen LogP contribution in [0.4, 0.5) is 0 Å². The molecule has 0 amide bonds. The number of carbonyl (C=O) groups is 2. The van der Waals surface area contributed by atoms with Crippen molar-refractivity contribution in [2.45, 2.75) is 26.2 Å². The molecule has 1 heterocycles. The fourth-order valence-electron chi connectivity index (χ4n) is 1.71. The summed E-state index contributed by atoms with van der Waals surface area (Å²) < 4.78 is 5.11. The van der Waals surface area contributed by atoms with Crippen molar-refractivity contribution in [3.05, 3.63) is 0 Å². The monoisotopic (exact) mass is 186 g/mol. The Morgan fingerprint density at radius 3 is 2.62 bits per heavy atom. The summed E-state index contributed by atoms with van der Waals surface area (Å²) >= 11 is 0. The lowest BCUT2D eigenvalue weighted by molar-refractivity contribution is -0.160. The molecule has 1 rings (SSSR count). The number of Topliss-reactive ketones (excluding diaryl/α,β-unsaturated/α-hetero) is 1. The fraction of sp³-hybridized carbons (Fsp3) is 0.778. The van der Waals surface area contributed by atoms with E-state index in [1.165, 1.54) is 6.92 Å². The molecule has 0 radical (unpaired) electrons. The molecule has 74 valence electrons. The van der Waals surface area contributed by atoms with Crippen LogP contribution in [0.15, 0.2) is 0 Å². The van der Waals surface area contributed by atoms with E-state index in [1.807, 2.05) is 0 Å². The topological polar surface area (TPSA) is 63.6 Å². The van der Waals surface area contributed by atoms with Crippen molar-refractivity contribution >= 4 is 11.8 Å². The second-order valence-electron chi connectivity index (χ2n) is 3.62. The third kappa shape index (κ3) is 2.28. The largest absolute Gasteiger partial charge is 0.481 e. The van der Waals surface area contributed by atoms with E-state index in [9.17, 15) is 9.59 Å². The Morgan fingerprint density at radius 1 is 1.54 bits per heavy atom. The minimum Gasteiger partial charge on any atom is -0.481 e. The molecule has 1 aliphatic heterocycles. The van der Waals surface area contributed by atoms with Crippen LogP contribution >= 0.6 is 0 Å². The zero-order valence-corrected chi connectivity index (χ0v) is 7.71. The molecule has 0 bridgehead atoms. The molecular weight excluding hydrogens is 172 g/mol. The van der Waals surface area contributed by atoms with Crippen LogP contribution in [0.3, 0.4) is 0 Å². The Bertz CT molecular complexity index is 216. The fourth-order valence-corrected chi connectivity index (χ4v) is 1.71. The van der Waals surface area contributed by atoms with Gasteiger partial charge in [0.2, 0.25) is 0 Å². The average Bonchev–Trinajstić information content (AvgIpc) is 2.04. The van der Waals surface area contributed by atoms with Crippen molar-refractivity contribution in [1.82, 2.24) is 0 Å². The molecule has 1 N–H and O–H groups in total. The summed E-state index contributed by atoms with van der Waals surface area (Å²) in [5, 5.41) is 9.01. The first-order valence-corrected chi connectivity index (χ1v) is 4.37. The van der Waals surface area contributed by atoms with E-state index in [1.54, 1.807) is 0 Å². The van der Waals surface area contributed by atoms with Crippen LogP contribution < -0.4 is 0 Å². The van der Waals surface area contributed by atoms with Crippen molar-refractivity contribution in [1.29, 1.82) is 0 Å². The molecule has 1 atom stereocenters. The molecule has 0 saturated carbocycles. The molecule has 0 spiro atoms. The van der Waals surface area contributed by atoms with E-state index >= 15 is 0 Å². The van der Waals surface area contributed by atoms with Gasteiger partial charge < -0.3 is 9.84 Å². The van der Waals surface area contributed by atoms with Gasteiger partial charge in [0.15, 0.2) is 0 Å². The standard InChI is InChI=1S/C9H14O4/c1-7(10)5-9(8(11)12)3-2-4-13-6-9/h2-6H2,1H3,(H,11,12). The predicted octanol–water partition coefficient (Wildman–Crippen LogP) is 0.847. The van der Waals surface area contributed by atoms with E-state index in [-0.39, 0.29) is 18.8 Å². The van der Waals surface area contributed by atoms with Gasteiger partial charge in [-0.05, 0) is 19.8 Å².